The van der Waals surface area contributed by atoms with Crippen molar-refractivity contribution in [2.24, 2.45) is 0 Å². The molecule has 0 aliphatic carbocycles. The van der Waals surface area contributed by atoms with Crippen molar-refractivity contribution in [3.8, 4) is 11.5 Å². The molecule has 2 aromatic rings. The highest BCUT2D eigenvalue weighted by Gasteiger charge is 2.17. The summed E-state index contributed by atoms with van der Waals surface area (Å²) in [6, 6.07) is 5.84. The maximum Gasteiger partial charge on any atom is 0.346 e. The van der Waals surface area contributed by atoms with Crippen LogP contribution in [-0.2, 0) is 0 Å². The average molecular weight is 279 g/mol. The number of rotatable bonds is 4. The lowest BCUT2D eigenvalue weighted by Gasteiger charge is -2.04. The third-order valence-electron chi connectivity index (χ3n) is 2.33. The van der Waals surface area contributed by atoms with Crippen LogP contribution in [0.3, 0.4) is 0 Å². The zero-order valence-electron chi connectivity index (χ0n) is 9.82. The van der Waals surface area contributed by atoms with E-state index in [1.807, 2.05) is 0 Å². The van der Waals surface area contributed by atoms with Crippen LogP contribution in [0.25, 0.3) is 0 Å². The second-order valence-corrected chi connectivity index (χ2v) is 4.69. The molecule has 19 heavy (non-hydrogen) atoms. The first-order valence-corrected chi connectivity index (χ1v) is 6.10. The number of carboxylic acids is 1. The van der Waals surface area contributed by atoms with Crippen LogP contribution in [0.1, 0.15) is 15.2 Å². The third-order valence-corrected chi connectivity index (χ3v) is 3.22. The first-order valence-electron chi connectivity index (χ1n) is 5.22. The van der Waals surface area contributed by atoms with Gasteiger partial charge in [-0.1, -0.05) is 6.07 Å². The van der Waals surface area contributed by atoms with Crippen LogP contribution < -0.4 is 4.74 Å². The number of carboxylic acid groups (broad SMARTS) is 1. The average Bonchev–Trinajstić information content (AvgIpc) is 2.77. The molecule has 98 valence electrons. The van der Waals surface area contributed by atoms with E-state index in [9.17, 15) is 14.9 Å². The molecule has 0 aliphatic heterocycles. The van der Waals surface area contributed by atoms with Gasteiger partial charge in [0.1, 0.15) is 10.6 Å². The van der Waals surface area contributed by atoms with Crippen molar-refractivity contribution in [3.63, 3.8) is 0 Å². The summed E-state index contributed by atoms with van der Waals surface area (Å²) in [6.07, 6.45) is 0. The zero-order valence-corrected chi connectivity index (χ0v) is 10.6. The monoisotopic (exact) mass is 279 g/mol. The Morgan fingerprint density at radius 3 is 2.74 bits per heavy atom. The molecule has 6 nitrogen and oxygen atoms in total. The molecule has 0 radical (unpaired) electrons. The molecule has 0 unspecified atom stereocenters. The van der Waals surface area contributed by atoms with Gasteiger partial charge in [0, 0.05) is 17.5 Å². The fourth-order valence-electron chi connectivity index (χ4n) is 1.47. The summed E-state index contributed by atoms with van der Waals surface area (Å²) in [5.74, 6) is -0.686. The van der Waals surface area contributed by atoms with E-state index in [1.54, 1.807) is 13.0 Å². The van der Waals surface area contributed by atoms with Crippen molar-refractivity contribution in [2.45, 2.75) is 6.92 Å². The molecule has 1 aromatic heterocycles. The van der Waals surface area contributed by atoms with Gasteiger partial charge in [0.2, 0.25) is 5.75 Å². The van der Waals surface area contributed by atoms with E-state index < -0.39 is 10.9 Å². The normalized spacial score (nSPS) is 10.2. The summed E-state index contributed by atoms with van der Waals surface area (Å²) in [7, 11) is 0. The standard InChI is InChI=1S/C12H9NO5S/c1-7-2-3-9(13(16)17)10(4-7)18-8-5-11(12(14)15)19-6-8/h2-6H,1H3,(H,14,15). The van der Waals surface area contributed by atoms with Crippen molar-refractivity contribution in [2.75, 3.05) is 0 Å². The van der Waals surface area contributed by atoms with Crippen LogP contribution in [-0.4, -0.2) is 16.0 Å². The highest BCUT2D eigenvalue weighted by atomic mass is 32.1. The molecule has 1 heterocycles. The zero-order chi connectivity index (χ0) is 14.0. The van der Waals surface area contributed by atoms with E-state index in [0.29, 0.717) is 0 Å². The molecule has 7 heteroatoms. The predicted molar refractivity (Wildman–Crippen MR) is 69.2 cm³/mol. The molecule has 0 fully saturated rings. The van der Waals surface area contributed by atoms with Crippen LogP contribution in [0.4, 0.5) is 5.69 Å². The Kier molecular flexibility index (Phi) is 3.48. The molecule has 0 bridgehead atoms. The molecule has 0 saturated carbocycles. The van der Waals surface area contributed by atoms with Crippen LogP contribution in [0.5, 0.6) is 11.5 Å². The Bertz CT molecular complexity index is 649. The number of ether oxygens (including phenoxy) is 1. The lowest BCUT2D eigenvalue weighted by atomic mass is 10.2. The smallest absolute Gasteiger partial charge is 0.346 e. The lowest BCUT2D eigenvalue weighted by Crippen LogP contribution is -1.94. The van der Waals surface area contributed by atoms with E-state index in [4.69, 9.17) is 9.84 Å². The van der Waals surface area contributed by atoms with Crippen molar-refractivity contribution in [3.05, 3.63) is 50.2 Å². The molecule has 1 N–H and O–H groups in total. The second kappa shape index (κ2) is 5.07. The van der Waals surface area contributed by atoms with Gasteiger partial charge in [-0.3, -0.25) is 10.1 Å². The van der Waals surface area contributed by atoms with Gasteiger partial charge in [0.15, 0.2) is 0 Å². The molecule has 0 aliphatic rings. The van der Waals surface area contributed by atoms with E-state index in [0.717, 1.165) is 16.9 Å². The Morgan fingerprint density at radius 2 is 2.16 bits per heavy atom. The topological polar surface area (TPSA) is 89.7 Å². The number of aryl methyl sites for hydroxylation is 1. The van der Waals surface area contributed by atoms with Crippen LogP contribution in [0.2, 0.25) is 0 Å². The Morgan fingerprint density at radius 1 is 1.42 bits per heavy atom. The molecule has 0 amide bonds. The summed E-state index contributed by atoms with van der Waals surface area (Å²) in [5.41, 5.74) is 0.656. The Balaban J connectivity index is 2.33. The van der Waals surface area contributed by atoms with E-state index in [1.165, 1.54) is 23.6 Å². The van der Waals surface area contributed by atoms with Gasteiger partial charge in [-0.15, -0.1) is 11.3 Å². The number of nitrogens with zero attached hydrogens (tertiary/aromatic N) is 1. The first-order chi connectivity index (χ1) is 8.97. The molecular formula is C12H9NO5S. The summed E-state index contributed by atoms with van der Waals surface area (Å²) in [5, 5.41) is 21.2. The summed E-state index contributed by atoms with van der Waals surface area (Å²) >= 11 is 1.00. The molecule has 0 atom stereocenters. The van der Waals surface area contributed by atoms with E-state index in [2.05, 4.69) is 0 Å². The fraction of sp³-hybridized carbons (Fsp3) is 0.0833. The van der Waals surface area contributed by atoms with Gasteiger partial charge >= 0.3 is 11.7 Å². The summed E-state index contributed by atoms with van der Waals surface area (Å²) < 4.78 is 5.39. The van der Waals surface area contributed by atoms with Gasteiger partial charge in [-0.2, -0.15) is 0 Å². The minimum Gasteiger partial charge on any atom is -0.477 e. The Labute approximate surface area is 112 Å². The van der Waals surface area contributed by atoms with Crippen molar-refractivity contribution >= 4 is 23.0 Å². The van der Waals surface area contributed by atoms with Crippen LogP contribution in [0.15, 0.2) is 29.6 Å². The van der Waals surface area contributed by atoms with Gasteiger partial charge in [-0.25, -0.2) is 4.79 Å². The molecule has 2 rings (SSSR count). The molecular weight excluding hydrogens is 270 g/mol. The molecule has 1 aromatic carbocycles. The number of thiophene rings is 1. The number of hydrogen-bond donors (Lipinski definition) is 1. The van der Waals surface area contributed by atoms with Crippen molar-refractivity contribution < 1.29 is 19.6 Å². The quantitative estimate of drug-likeness (QED) is 0.683. The number of nitro benzene ring substituents is 1. The number of hydrogen-bond acceptors (Lipinski definition) is 5. The first kappa shape index (κ1) is 13.0. The minimum absolute atomic E-state index is 0.0970. The highest BCUT2D eigenvalue weighted by molar-refractivity contribution is 7.12. The highest BCUT2D eigenvalue weighted by Crippen LogP contribution is 2.34. The number of nitro groups is 1. The number of carbonyl (C=O) groups is 1. The van der Waals surface area contributed by atoms with E-state index in [-0.39, 0.29) is 22.1 Å². The van der Waals surface area contributed by atoms with Crippen molar-refractivity contribution in [1.29, 1.82) is 0 Å². The fourth-order valence-corrected chi connectivity index (χ4v) is 2.11. The second-order valence-electron chi connectivity index (χ2n) is 3.78. The maximum atomic E-state index is 10.9. The van der Waals surface area contributed by atoms with Gasteiger partial charge in [0.05, 0.1) is 4.92 Å². The van der Waals surface area contributed by atoms with Gasteiger partial charge in [-0.05, 0) is 18.6 Å². The van der Waals surface area contributed by atoms with Gasteiger partial charge in [0.25, 0.3) is 0 Å². The molecule has 0 saturated heterocycles. The predicted octanol–water partition coefficient (Wildman–Crippen LogP) is 3.46. The third kappa shape index (κ3) is 2.89. The minimum atomic E-state index is -1.06. The Hall–Kier alpha value is -2.41. The van der Waals surface area contributed by atoms with Crippen molar-refractivity contribution in [1.82, 2.24) is 0 Å². The number of benzene rings is 1. The number of aromatic carboxylic acids is 1. The molecule has 0 spiro atoms. The SMILES string of the molecule is Cc1ccc([N+](=O)[O-])c(Oc2csc(C(=O)O)c2)c1. The lowest BCUT2D eigenvalue weighted by molar-refractivity contribution is -0.385. The van der Waals surface area contributed by atoms with Crippen LogP contribution >= 0.6 is 11.3 Å². The summed E-state index contributed by atoms with van der Waals surface area (Å²) in [4.78, 5) is 21.2. The van der Waals surface area contributed by atoms with Crippen LogP contribution in [0, 0.1) is 17.0 Å². The largest absolute Gasteiger partial charge is 0.477 e. The van der Waals surface area contributed by atoms with E-state index >= 15 is 0 Å². The van der Waals surface area contributed by atoms with Gasteiger partial charge < -0.3 is 9.84 Å². The summed E-state index contributed by atoms with van der Waals surface area (Å²) in [6.45, 7) is 1.78. The maximum absolute atomic E-state index is 10.9.